The second-order valence-electron chi connectivity index (χ2n) is 2.61. The van der Waals surface area contributed by atoms with E-state index < -0.39 is 12.6 Å². The van der Waals surface area contributed by atoms with Gasteiger partial charge in [0, 0.05) is 12.2 Å². The average molecular weight is 181 g/mol. The van der Waals surface area contributed by atoms with Crippen LogP contribution in [0.5, 0.6) is 0 Å². The third-order valence-corrected chi connectivity index (χ3v) is 1.80. The third kappa shape index (κ3) is 2.28. The summed E-state index contributed by atoms with van der Waals surface area (Å²) in [5, 5.41) is 0. The summed E-state index contributed by atoms with van der Waals surface area (Å²) in [6, 6.07) is 9.08. The summed E-state index contributed by atoms with van der Waals surface area (Å²) >= 11 is 0. The van der Waals surface area contributed by atoms with Crippen molar-refractivity contribution in [3.8, 4) is 0 Å². The van der Waals surface area contributed by atoms with Crippen LogP contribution in [0.15, 0.2) is 30.3 Å². The van der Waals surface area contributed by atoms with Gasteiger partial charge in [-0.15, -0.1) is 0 Å². The lowest BCUT2D eigenvalue weighted by Crippen LogP contribution is -2.31. The van der Waals surface area contributed by atoms with Gasteiger partial charge in [-0.25, -0.2) is 4.39 Å². The predicted octanol–water partition coefficient (Wildman–Crippen LogP) is 2.01. The second-order valence-corrected chi connectivity index (χ2v) is 2.61. The average Bonchev–Trinajstić information content (AvgIpc) is 2.20. The summed E-state index contributed by atoms with van der Waals surface area (Å²) in [5.74, 6) is -0.492. The van der Waals surface area contributed by atoms with Crippen molar-refractivity contribution in [3.63, 3.8) is 0 Å². The van der Waals surface area contributed by atoms with Gasteiger partial charge in [0.2, 0.25) is 0 Å². The first-order valence-corrected chi connectivity index (χ1v) is 4.21. The maximum absolute atomic E-state index is 12.1. The number of rotatable bonds is 3. The highest BCUT2D eigenvalue weighted by molar-refractivity contribution is 5.94. The third-order valence-electron chi connectivity index (χ3n) is 1.80. The lowest BCUT2D eigenvalue weighted by atomic mass is 10.3. The minimum absolute atomic E-state index is 0.492. The Morgan fingerprint density at radius 2 is 2.00 bits per heavy atom. The predicted molar refractivity (Wildman–Crippen MR) is 50.4 cm³/mol. The maximum atomic E-state index is 12.1. The van der Waals surface area contributed by atoms with Crippen LogP contribution < -0.4 is 4.90 Å². The number of halogens is 1. The van der Waals surface area contributed by atoms with E-state index in [1.165, 1.54) is 4.90 Å². The molecular weight excluding hydrogens is 169 g/mol. The zero-order chi connectivity index (χ0) is 9.68. The smallest absolute Gasteiger partial charge is 0.258 e. The van der Waals surface area contributed by atoms with Crippen LogP contribution in [-0.4, -0.2) is 19.1 Å². The quantitative estimate of drug-likeness (QED) is 0.698. The number of hydrogen-bond donors (Lipinski definition) is 0. The minimum Gasteiger partial charge on any atom is -0.310 e. The number of para-hydroxylation sites is 1. The van der Waals surface area contributed by atoms with Gasteiger partial charge in [0.05, 0.1) is 0 Å². The summed E-state index contributed by atoms with van der Waals surface area (Å²) in [5.41, 5.74) is 0.743. The molecule has 1 aromatic carbocycles. The van der Waals surface area contributed by atoms with Gasteiger partial charge in [-0.05, 0) is 19.1 Å². The lowest BCUT2D eigenvalue weighted by Gasteiger charge is -2.18. The van der Waals surface area contributed by atoms with Crippen LogP contribution in [0.3, 0.4) is 0 Å². The van der Waals surface area contributed by atoms with Crippen molar-refractivity contribution in [2.45, 2.75) is 6.92 Å². The Bertz CT molecular complexity index is 274. The fourth-order valence-electron chi connectivity index (χ4n) is 1.18. The fourth-order valence-corrected chi connectivity index (χ4v) is 1.18. The van der Waals surface area contributed by atoms with E-state index in [0.29, 0.717) is 6.54 Å². The van der Waals surface area contributed by atoms with E-state index in [9.17, 15) is 9.18 Å². The van der Waals surface area contributed by atoms with Crippen LogP contribution in [0.25, 0.3) is 0 Å². The number of carbonyl (C=O) groups excluding carboxylic acids is 1. The van der Waals surface area contributed by atoms with Crippen LogP contribution in [0.2, 0.25) is 0 Å². The molecule has 0 radical (unpaired) electrons. The summed E-state index contributed by atoms with van der Waals surface area (Å²) in [6.45, 7) is 1.37. The molecule has 1 amide bonds. The number of carbonyl (C=O) groups is 1. The van der Waals surface area contributed by atoms with Crippen LogP contribution in [0.4, 0.5) is 10.1 Å². The molecule has 0 aromatic heterocycles. The van der Waals surface area contributed by atoms with E-state index in [0.717, 1.165) is 5.69 Å². The molecule has 13 heavy (non-hydrogen) atoms. The van der Waals surface area contributed by atoms with Crippen molar-refractivity contribution in [3.05, 3.63) is 30.3 Å². The molecule has 0 bridgehead atoms. The Labute approximate surface area is 77.0 Å². The van der Waals surface area contributed by atoms with Gasteiger partial charge < -0.3 is 4.90 Å². The number of benzene rings is 1. The molecule has 1 aromatic rings. The molecule has 0 heterocycles. The molecule has 1 rings (SSSR count). The Balaban J connectivity index is 2.85. The molecule has 0 aliphatic heterocycles. The molecule has 0 unspecified atom stereocenters. The number of alkyl halides is 1. The fraction of sp³-hybridized carbons (Fsp3) is 0.300. The minimum atomic E-state index is -0.942. The van der Waals surface area contributed by atoms with Crippen LogP contribution >= 0.6 is 0 Å². The Hall–Kier alpha value is -1.38. The van der Waals surface area contributed by atoms with E-state index in [4.69, 9.17) is 0 Å². The van der Waals surface area contributed by atoms with Gasteiger partial charge >= 0.3 is 0 Å². The Morgan fingerprint density at radius 1 is 1.38 bits per heavy atom. The van der Waals surface area contributed by atoms with Crippen molar-refractivity contribution >= 4 is 11.6 Å². The SMILES string of the molecule is CCN(C(=O)CF)c1ccccc1. The van der Waals surface area contributed by atoms with Gasteiger partial charge in [-0.3, -0.25) is 4.79 Å². The van der Waals surface area contributed by atoms with E-state index >= 15 is 0 Å². The number of amides is 1. The first kappa shape index (κ1) is 9.71. The molecule has 0 aliphatic carbocycles. The molecule has 0 fully saturated rings. The van der Waals surface area contributed by atoms with Gasteiger partial charge in [-0.2, -0.15) is 0 Å². The van der Waals surface area contributed by atoms with Crippen LogP contribution in [-0.2, 0) is 4.79 Å². The molecule has 0 spiro atoms. The zero-order valence-electron chi connectivity index (χ0n) is 7.53. The summed E-state index contributed by atoms with van der Waals surface area (Å²) in [4.78, 5) is 12.5. The molecule has 70 valence electrons. The number of anilines is 1. The van der Waals surface area contributed by atoms with Crippen molar-refractivity contribution in [2.24, 2.45) is 0 Å². The molecule has 3 heteroatoms. The van der Waals surface area contributed by atoms with Gasteiger partial charge in [0.1, 0.15) is 0 Å². The maximum Gasteiger partial charge on any atom is 0.258 e. The van der Waals surface area contributed by atoms with Crippen molar-refractivity contribution < 1.29 is 9.18 Å². The second kappa shape index (κ2) is 4.60. The van der Waals surface area contributed by atoms with Gasteiger partial charge in [0.25, 0.3) is 5.91 Å². The monoisotopic (exact) mass is 181 g/mol. The van der Waals surface area contributed by atoms with E-state index in [1.54, 1.807) is 12.1 Å². The molecule has 0 saturated carbocycles. The van der Waals surface area contributed by atoms with Crippen molar-refractivity contribution in [2.75, 3.05) is 18.1 Å². The normalized spacial score (nSPS) is 9.69. The topological polar surface area (TPSA) is 20.3 Å². The summed E-state index contributed by atoms with van der Waals surface area (Å²) < 4.78 is 12.1. The molecule has 0 aliphatic rings. The highest BCUT2D eigenvalue weighted by Gasteiger charge is 2.11. The molecular formula is C10H12FNO. The molecule has 2 nitrogen and oxygen atoms in total. The van der Waals surface area contributed by atoms with E-state index in [-0.39, 0.29) is 0 Å². The van der Waals surface area contributed by atoms with E-state index in [1.807, 2.05) is 25.1 Å². The first-order valence-electron chi connectivity index (χ1n) is 4.21. The summed E-state index contributed by atoms with van der Waals surface area (Å²) in [6.07, 6.45) is 0. The highest BCUT2D eigenvalue weighted by Crippen LogP contribution is 2.12. The highest BCUT2D eigenvalue weighted by atomic mass is 19.1. The van der Waals surface area contributed by atoms with Gasteiger partial charge in [0.15, 0.2) is 6.67 Å². The molecule has 0 N–H and O–H groups in total. The van der Waals surface area contributed by atoms with E-state index in [2.05, 4.69) is 0 Å². The van der Waals surface area contributed by atoms with Crippen LogP contribution in [0, 0.1) is 0 Å². The molecule has 0 saturated heterocycles. The number of nitrogens with zero attached hydrogens (tertiary/aromatic N) is 1. The standard InChI is InChI=1S/C10H12FNO/c1-2-12(10(13)8-11)9-6-4-3-5-7-9/h3-7H,2,8H2,1H3. The van der Waals surface area contributed by atoms with Crippen molar-refractivity contribution in [1.82, 2.24) is 0 Å². The van der Waals surface area contributed by atoms with Crippen molar-refractivity contribution in [1.29, 1.82) is 0 Å². The summed E-state index contributed by atoms with van der Waals surface area (Å²) in [7, 11) is 0. The Morgan fingerprint density at radius 3 is 2.46 bits per heavy atom. The lowest BCUT2D eigenvalue weighted by molar-refractivity contribution is -0.119. The first-order chi connectivity index (χ1) is 6.29. The van der Waals surface area contributed by atoms with Crippen LogP contribution in [0.1, 0.15) is 6.92 Å². The zero-order valence-corrected chi connectivity index (χ0v) is 7.53. The van der Waals surface area contributed by atoms with Gasteiger partial charge in [-0.1, -0.05) is 18.2 Å². The molecule has 0 atom stereocenters. The number of hydrogen-bond acceptors (Lipinski definition) is 1. The largest absolute Gasteiger partial charge is 0.310 e. The Kier molecular flexibility index (Phi) is 3.43.